The number of nitrogens with one attached hydrogen (secondary N) is 10. The highest BCUT2D eigenvalue weighted by atomic mass is 35.5. The number of primary amides is 1. The van der Waals surface area contributed by atoms with Crippen LogP contribution in [0, 0.1) is 0 Å². The summed E-state index contributed by atoms with van der Waals surface area (Å²) in [5, 5.41) is 58.5. The fraction of sp³-hybridized carbons (Fsp3) is 0.355. The summed E-state index contributed by atoms with van der Waals surface area (Å²) < 4.78 is 0. The number of aliphatic imine (C=N–C) groups is 2. The number of carbonyl (C=O) groups is 11. The maximum absolute atomic E-state index is 15.1. The molecule has 32 nitrogen and oxygen atoms in total. The van der Waals surface area contributed by atoms with E-state index in [9.17, 15) is 48.9 Å². The molecule has 578 valence electrons. The molecule has 1 aromatic heterocycles. The molecule has 33 heteroatoms. The van der Waals surface area contributed by atoms with Crippen LogP contribution in [0.4, 0.5) is 0 Å². The average Bonchev–Trinajstić information content (AvgIpc) is 1.75. The fourth-order valence-corrected chi connectivity index (χ4v) is 12.6. The number of aliphatic hydroxyl groups excluding tert-OH is 1. The fourth-order valence-electron chi connectivity index (χ4n) is 12.5. The number of nitrogens with zero attached hydrogens (tertiary/aromatic N) is 3. The van der Waals surface area contributed by atoms with Gasteiger partial charge < -0.3 is 102 Å². The summed E-state index contributed by atoms with van der Waals surface area (Å²) >= 11 is 6.27. The van der Waals surface area contributed by atoms with E-state index in [0.717, 1.165) is 10.8 Å². The summed E-state index contributed by atoms with van der Waals surface area (Å²) in [6.45, 7) is 1.57. The van der Waals surface area contributed by atoms with Crippen molar-refractivity contribution in [3.63, 3.8) is 0 Å². The Kier molecular flexibility index (Phi) is 30.1. The SMILES string of the molecule is CC(=O)N[C@@H](Cc1ccc2ccccc2c1)C(=O)N[C@@H](Cc1ccc(Cl)cc1)C(=O)N[C@H](Cc1c[nH]c2ccccc12)C(=O)N[C@@H](CO)C(=O)N[C@@H](Cc1ccc(O)cc1)C(=O)N[C@@H](CCCN=C(N)N)C(=O)N[C@@H](Cc1ccc(O)cc1)C(=O)N[C@@H](CCCN=C(N)N)C(=O)N1CCC[C@H]1C(=O)N[C@@H](C)C(N)=O. The summed E-state index contributed by atoms with van der Waals surface area (Å²) in [6, 6.07) is 23.6. The van der Waals surface area contributed by atoms with Crippen molar-refractivity contribution in [1.29, 1.82) is 0 Å². The van der Waals surface area contributed by atoms with E-state index < -0.39 is 132 Å². The third-order valence-electron chi connectivity index (χ3n) is 18.3. The van der Waals surface area contributed by atoms with Gasteiger partial charge in [-0.25, -0.2) is 0 Å². The Balaban J connectivity index is 1.07. The molecule has 1 fully saturated rings. The van der Waals surface area contributed by atoms with Crippen LogP contribution in [0.25, 0.3) is 21.7 Å². The lowest BCUT2D eigenvalue weighted by Crippen LogP contribution is -2.61. The summed E-state index contributed by atoms with van der Waals surface area (Å²) in [4.78, 5) is 170. The molecule has 109 heavy (non-hydrogen) atoms. The van der Waals surface area contributed by atoms with E-state index in [-0.39, 0.29) is 107 Å². The van der Waals surface area contributed by atoms with Crippen molar-refractivity contribution in [2.24, 2.45) is 38.7 Å². The van der Waals surface area contributed by atoms with E-state index >= 15 is 19.2 Å². The second-order valence-corrected chi connectivity index (χ2v) is 27.0. The highest BCUT2D eigenvalue weighted by molar-refractivity contribution is 6.30. The highest BCUT2D eigenvalue weighted by Gasteiger charge is 2.40. The molecule has 0 unspecified atom stereocenters. The standard InChI is InChI=1S/C76H93ClN18O14/c1-42(65(78)100)86-73(108)64-16-9-33-95(64)74(109)57(15-8-32-84-76(81)82)89-69(104)60(37-46-22-29-53(99)30-23-46)90-66(101)56(14-7-31-83-75(79)80)88-68(103)59(36-45-20-27-52(98)28-21-45)92-72(107)63(41-96)94-71(106)62(39-50-40-85-55-13-6-5-12-54(50)55)93-70(105)61(35-44-18-25-51(77)26-19-44)91-67(102)58(87-43(2)97)38-47-17-24-48-10-3-4-11-49(48)34-47/h3-6,10-13,17-30,34,40,42,56-64,85,96,98-99H,7-9,14-16,31-33,35-39,41H2,1-2H3,(H2,78,100)(H,86,108)(H,87,97)(H,88,103)(H,89,104)(H,90,101)(H,91,102)(H,92,107)(H,93,105)(H,94,106)(H4,79,80,83)(H4,81,82,84)/t42-,56-,57-,58-,59-,60-,61-,62+,63-,64-/m0/s1. The van der Waals surface area contributed by atoms with Crippen LogP contribution < -0.4 is 76.5 Å². The molecule has 1 aliphatic rings. The van der Waals surface area contributed by atoms with Crippen LogP contribution in [-0.2, 0) is 84.8 Å². The number of phenols is 2. The van der Waals surface area contributed by atoms with Crippen molar-refractivity contribution in [3.05, 3.63) is 179 Å². The number of halogens is 1. The number of guanidine groups is 2. The van der Waals surface area contributed by atoms with Crippen molar-refractivity contribution in [3.8, 4) is 11.5 Å². The van der Waals surface area contributed by atoms with E-state index in [1.54, 1.807) is 54.7 Å². The number of aromatic nitrogens is 1. The molecule has 7 aromatic rings. The van der Waals surface area contributed by atoms with Crippen LogP contribution in [0.3, 0.4) is 0 Å². The first-order valence-corrected chi connectivity index (χ1v) is 35.8. The molecule has 0 radical (unpaired) electrons. The molecule has 23 N–H and O–H groups in total. The van der Waals surface area contributed by atoms with Gasteiger partial charge in [0.15, 0.2) is 11.9 Å². The van der Waals surface area contributed by atoms with Crippen molar-refractivity contribution < 1.29 is 68.1 Å². The number of hydrogen-bond donors (Lipinski definition) is 18. The Hall–Kier alpha value is -12.3. The van der Waals surface area contributed by atoms with Crippen LogP contribution in [0.5, 0.6) is 11.5 Å². The van der Waals surface area contributed by atoms with Gasteiger partial charge in [0.2, 0.25) is 65.0 Å². The van der Waals surface area contributed by atoms with Crippen LogP contribution in [0.1, 0.15) is 80.2 Å². The first-order valence-electron chi connectivity index (χ1n) is 35.5. The van der Waals surface area contributed by atoms with Crippen LogP contribution >= 0.6 is 11.6 Å². The Bertz CT molecular complexity index is 4440. The van der Waals surface area contributed by atoms with E-state index in [0.29, 0.717) is 50.2 Å². The maximum atomic E-state index is 15.1. The predicted octanol–water partition coefficient (Wildman–Crippen LogP) is -0.122. The average molecular weight is 1520 g/mol. The van der Waals surface area contributed by atoms with Crippen molar-refractivity contribution in [2.75, 3.05) is 26.2 Å². The lowest BCUT2D eigenvalue weighted by molar-refractivity contribution is -0.142. The van der Waals surface area contributed by atoms with Gasteiger partial charge in [0.05, 0.1) is 6.61 Å². The van der Waals surface area contributed by atoms with Gasteiger partial charge in [-0.05, 0) is 127 Å². The zero-order valence-corrected chi connectivity index (χ0v) is 60.9. The second-order valence-electron chi connectivity index (χ2n) is 26.6. The van der Waals surface area contributed by atoms with E-state index in [2.05, 4.69) is 62.8 Å². The summed E-state index contributed by atoms with van der Waals surface area (Å²) in [5.41, 5.74) is 31.1. The number of rotatable bonds is 38. The van der Waals surface area contributed by atoms with Gasteiger partial charge in [0.1, 0.15) is 71.9 Å². The molecular weight excluding hydrogens is 1420 g/mol. The summed E-state index contributed by atoms with van der Waals surface area (Å²) in [5.74, 6) is -10.2. The summed E-state index contributed by atoms with van der Waals surface area (Å²) in [7, 11) is 0. The molecule has 6 aromatic carbocycles. The van der Waals surface area contributed by atoms with Crippen LogP contribution in [0.2, 0.25) is 5.02 Å². The molecule has 0 spiro atoms. The number of hydrogen-bond acceptors (Lipinski definition) is 16. The number of benzene rings is 6. The van der Waals surface area contributed by atoms with Gasteiger partial charge in [0.25, 0.3) is 0 Å². The minimum absolute atomic E-state index is 0.0159. The largest absolute Gasteiger partial charge is 0.508 e. The Morgan fingerprint density at radius 3 is 1.44 bits per heavy atom. The minimum Gasteiger partial charge on any atom is -0.508 e. The Labute approximate surface area is 632 Å². The van der Waals surface area contributed by atoms with Crippen molar-refractivity contribution in [2.45, 2.75) is 145 Å². The first kappa shape index (κ1) is 82.3. The number of aromatic amines is 1. The number of fused-ring (bicyclic) bond motifs is 2. The molecule has 2 heterocycles. The van der Waals surface area contributed by atoms with Gasteiger partial charge >= 0.3 is 0 Å². The van der Waals surface area contributed by atoms with Crippen LogP contribution in [0.15, 0.2) is 156 Å². The number of H-pyrrole nitrogens is 1. The van der Waals surface area contributed by atoms with Crippen molar-refractivity contribution >= 4 is 110 Å². The minimum atomic E-state index is -1.87. The molecule has 0 bridgehead atoms. The molecule has 1 aliphatic heterocycles. The number of amides is 11. The van der Waals surface area contributed by atoms with Gasteiger partial charge in [0, 0.05) is 80.8 Å². The van der Waals surface area contributed by atoms with Crippen LogP contribution in [-0.4, -0.2) is 189 Å². The number of carbonyl (C=O) groups excluding carboxylic acids is 11. The predicted molar refractivity (Wildman–Crippen MR) is 408 cm³/mol. The number of aliphatic hydroxyl groups is 1. The lowest BCUT2D eigenvalue weighted by Gasteiger charge is -2.30. The Morgan fingerprint density at radius 2 is 0.927 bits per heavy atom. The third kappa shape index (κ3) is 24.9. The molecular formula is C76H93ClN18O14. The zero-order chi connectivity index (χ0) is 78.8. The molecule has 11 amide bonds. The van der Waals surface area contributed by atoms with Gasteiger partial charge in [-0.2, -0.15) is 0 Å². The first-order chi connectivity index (χ1) is 52.1. The molecule has 10 atom stereocenters. The highest BCUT2D eigenvalue weighted by Crippen LogP contribution is 2.24. The maximum Gasteiger partial charge on any atom is 0.245 e. The Morgan fingerprint density at radius 1 is 0.505 bits per heavy atom. The molecule has 0 aliphatic carbocycles. The number of phenolic OH excluding ortho intramolecular Hbond substituents is 2. The number of para-hydroxylation sites is 1. The van der Waals surface area contributed by atoms with Gasteiger partial charge in [-0.3, -0.25) is 62.7 Å². The topological polar surface area (TPSA) is 531 Å². The van der Waals surface area contributed by atoms with E-state index in [1.165, 1.54) is 67.3 Å². The third-order valence-corrected chi connectivity index (χ3v) is 18.5. The zero-order valence-electron chi connectivity index (χ0n) is 60.2. The number of nitrogens with two attached hydrogens (primary N) is 5. The van der Waals surface area contributed by atoms with Crippen molar-refractivity contribution in [1.82, 2.24) is 57.7 Å². The van der Waals surface area contributed by atoms with E-state index in [1.807, 2.05) is 42.5 Å². The van der Waals surface area contributed by atoms with E-state index in [4.69, 9.17) is 40.3 Å². The monoisotopic (exact) mass is 1520 g/mol. The quantitative estimate of drug-likeness (QED) is 0.0136. The van der Waals surface area contributed by atoms with Gasteiger partial charge in [-0.1, -0.05) is 109 Å². The summed E-state index contributed by atoms with van der Waals surface area (Å²) in [6.07, 6.45) is 1.02. The number of aromatic hydroxyl groups is 2. The smallest absolute Gasteiger partial charge is 0.245 e. The second kappa shape index (κ2) is 39.9. The van der Waals surface area contributed by atoms with Gasteiger partial charge in [-0.15, -0.1) is 0 Å². The lowest BCUT2D eigenvalue weighted by atomic mass is 9.99. The molecule has 8 rings (SSSR count). The number of likely N-dealkylation sites (tertiary alicyclic amines) is 1. The molecule has 0 saturated carbocycles. The molecule has 1 saturated heterocycles. The normalized spacial score (nSPS) is 15.0.